The van der Waals surface area contributed by atoms with E-state index in [2.05, 4.69) is 42.0 Å². The Bertz CT molecular complexity index is 717. The van der Waals surface area contributed by atoms with Crippen molar-refractivity contribution in [3.8, 4) is 11.3 Å². The number of hydrogen-bond acceptors (Lipinski definition) is 2. The molecule has 0 fully saturated rings. The van der Waals surface area contributed by atoms with Crippen LogP contribution in [0.15, 0.2) is 48.7 Å². The summed E-state index contributed by atoms with van der Waals surface area (Å²) in [5.74, 6) is 0. The lowest BCUT2D eigenvalue weighted by Crippen LogP contribution is -1.91. The van der Waals surface area contributed by atoms with Gasteiger partial charge in [-0.15, -0.1) is 0 Å². The third-order valence-electron chi connectivity index (χ3n) is 3.11. The molecule has 0 bridgehead atoms. The summed E-state index contributed by atoms with van der Waals surface area (Å²) in [6, 6.07) is 14.3. The molecule has 1 aromatic heterocycles. The van der Waals surface area contributed by atoms with Gasteiger partial charge in [0.25, 0.3) is 0 Å². The first-order valence-corrected chi connectivity index (χ1v) is 6.03. The van der Waals surface area contributed by atoms with Crippen LogP contribution in [0.4, 0.5) is 0 Å². The van der Waals surface area contributed by atoms with E-state index in [-0.39, 0.29) is 0 Å². The Morgan fingerprint density at radius 3 is 2.44 bits per heavy atom. The van der Waals surface area contributed by atoms with Crippen LogP contribution >= 0.6 is 0 Å². The molecule has 0 aliphatic heterocycles. The monoisotopic (exact) mass is 234 g/mol. The van der Waals surface area contributed by atoms with E-state index in [1.807, 2.05) is 30.5 Å². The van der Waals surface area contributed by atoms with Gasteiger partial charge in [0.2, 0.25) is 0 Å². The number of benzene rings is 2. The number of para-hydroxylation sites is 2. The molecule has 0 spiro atoms. The minimum absolute atomic E-state index is 0.936. The van der Waals surface area contributed by atoms with Crippen LogP contribution < -0.4 is 0 Å². The molecule has 2 nitrogen and oxygen atoms in total. The molecular formula is C16H14N2. The second kappa shape index (κ2) is 4.22. The lowest BCUT2D eigenvalue weighted by Gasteiger charge is -2.06. The van der Waals surface area contributed by atoms with E-state index < -0.39 is 0 Å². The molecule has 1 heterocycles. The van der Waals surface area contributed by atoms with Gasteiger partial charge in [0.15, 0.2) is 0 Å². The van der Waals surface area contributed by atoms with E-state index in [9.17, 15) is 0 Å². The average Bonchev–Trinajstić information content (AvgIpc) is 2.38. The second-order valence-corrected chi connectivity index (χ2v) is 4.56. The smallest absolute Gasteiger partial charge is 0.0895 e. The molecule has 88 valence electrons. The summed E-state index contributed by atoms with van der Waals surface area (Å²) >= 11 is 0. The van der Waals surface area contributed by atoms with Gasteiger partial charge in [-0.3, -0.25) is 4.98 Å². The highest BCUT2D eigenvalue weighted by Crippen LogP contribution is 2.23. The molecule has 0 saturated carbocycles. The first-order chi connectivity index (χ1) is 8.74. The third-order valence-corrected chi connectivity index (χ3v) is 3.11. The van der Waals surface area contributed by atoms with Crippen molar-refractivity contribution in [2.45, 2.75) is 13.8 Å². The molecule has 2 aromatic carbocycles. The summed E-state index contributed by atoms with van der Waals surface area (Å²) in [7, 11) is 0. The van der Waals surface area contributed by atoms with Crippen LogP contribution in [0.3, 0.4) is 0 Å². The maximum Gasteiger partial charge on any atom is 0.0895 e. The molecule has 3 aromatic rings. The zero-order chi connectivity index (χ0) is 12.5. The van der Waals surface area contributed by atoms with Crippen LogP contribution in [-0.2, 0) is 0 Å². The maximum atomic E-state index is 4.67. The van der Waals surface area contributed by atoms with Crippen molar-refractivity contribution in [2.75, 3.05) is 0 Å². The summed E-state index contributed by atoms with van der Waals surface area (Å²) < 4.78 is 0. The Balaban J connectivity index is 2.19. The number of nitrogens with zero attached hydrogens (tertiary/aromatic N) is 2. The van der Waals surface area contributed by atoms with E-state index in [0.717, 1.165) is 22.3 Å². The summed E-state index contributed by atoms with van der Waals surface area (Å²) in [6.07, 6.45) is 1.85. The van der Waals surface area contributed by atoms with Crippen molar-refractivity contribution in [1.29, 1.82) is 0 Å². The zero-order valence-electron chi connectivity index (χ0n) is 10.5. The Morgan fingerprint density at radius 1 is 0.889 bits per heavy atom. The molecule has 2 heteroatoms. The minimum atomic E-state index is 0.936. The van der Waals surface area contributed by atoms with Gasteiger partial charge in [0.1, 0.15) is 0 Å². The van der Waals surface area contributed by atoms with Gasteiger partial charge in [-0.25, -0.2) is 4.98 Å². The van der Waals surface area contributed by atoms with E-state index in [1.165, 1.54) is 11.1 Å². The Labute approximate surface area is 106 Å². The summed E-state index contributed by atoms with van der Waals surface area (Å²) in [5, 5.41) is 0. The van der Waals surface area contributed by atoms with E-state index in [1.54, 1.807) is 0 Å². The second-order valence-electron chi connectivity index (χ2n) is 4.56. The topological polar surface area (TPSA) is 25.8 Å². The highest BCUT2D eigenvalue weighted by Gasteiger charge is 2.05. The van der Waals surface area contributed by atoms with E-state index >= 15 is 0 Å². The average molecular weight is 234 g/mol. The molecule has 0 atom stereocenters. The maximum absolute atomic E-state index is 4.67. The number of fused-ring (bicyclic) bond motifs is 1. The Morgan fingerprint density at radius 2 is 1.67 bits per heavy atom. The van der Waals surface area contributed by atoms with Gasteiger partial charge < -0.3 is 0 Å². The largest absolute Gasteiger partial charge is 0.252 e. The lowest BCUT2D eigenvalue weighted by molar-refractivity contribution is 1.27. The highest BCUT2D eigenvalue weighted by atomic mass is 14.8. The quantitative estimate of drug-likeness (QED) is 0.638. The van der Waals surface area contributed by atoms with Crippen molar-refractivity contribution in [3.63, 3.8) is 0 Å². The molecule has 3 rings (SSSR count). The van der Waals surface area contributed by atoms with E-state index in [4.69, 9.17) is 0 Å². The molecular weight excluding hydrogens is 220 g/mol. The highest BCUT2D eigenvalue weighted by molar-refractivity contribution is 5.77. The first-order valence-electron chi connectivity index (χ1n) is 6.03. The van der Waals surface area contributed by atoms with Gasteiger partial charge in [-0.05, 0) is 31.5 Å². The van der Waals surface area contributed by atoms with Gasteiger partial charge in [-0.2, -0.15) is 0 Å². The minimum Gasteiger partial charge on any atom is -0.252 e. The van der Waals surface area contributed by atoms with Crippen LogP contribution in [0.25, 0.3) is 22.3 Å². The number of aryl methyl sites for hydroxylation is 2. The van der Waals surface area contributed by atoms with Crippen molar-refractivity contribution in [1.82, 2.24) is 9.97 Å². The first kappa shape index (κ1) is 10.9. The summed E-state index contributed by atoms with van der Waals surface area (Å²) in [5.41, 5.74) is 6.47. The normalized spacial score (nSPS) is 10.8. The van der Waals surface area contributed by atoms with Gasteiger partial charge in [0, 0.05) is 5.56 Å². The van der Waals surface area contributed by atoms with Crippen LogP contribution in [0.2, 0.25) is 0 Å². The predicted octanol–water partition coefficient (Wildman–Crippen LogP) is 3.91. The van der Waals surface area contributed by atoms with Crippen LogP contribution in [0.5, 0.6) is 0 Å². The van der Waals surface area contributed by atoms with Gasteiger partial charge >= 0.3 is 0 Å². The van der Waals surface area contributed by atoms with Crippen LogP contribution in [0.1, 0.15) is 11.1 Å². The van der Waals surface area contributed by atoms with Crippen molar-refractivity contribution < 1.29 is 0 Å². The lowest BCUT2D eigenvalue weighted by atomic mass is 10.0. The number of rotatable bonds is 1. The fourth-order valence-corrected chi connectivity index (χ4v) is 2.19. The number of hydrogen-bond donors (Lipinski definition) is 0. The molecule has 0 amide bonds. The van der Waals surface area contributed by atoms with Crippen LogP contribution in [-0.4, -0.2) is 9.97 Å². The molecule has 0 saturated heterocycles. The van der Waals surface area contributed by atoms with Crippen molar-refractivity contribution in [3.05, 3.63) is 59.8 Å². The molecule has 0 N–H and O–H groups in total. The molecule has 18 heavy (non-hydrogen) atoms. The molecule has 0 aliphatic rings. The fraction of sp³-hybridized carbons (Fsp3) is 0.125. The molecule has 0 radical (unpaired) electrons. The predicted molar refractivity (Wildman–Crippen MR) is 74.4 cm³/mol. The third kappa shape index (κ3) is 1.86. The SMILES string of the molecule is Cc1ccc(-c2cnc3ccccc3n2)c(C)c1. The Hall–Kier alpha value is -2.22. The van der Waals surface area contributed by atoms with Crippen LogP contribution in [0, 0.1) is 13.8 Å². The molecule has 0 aliphatic carbocycles. The van der Waals surface area contributed by atoms with Crippen molar-refractivity contribution >= 4 is 11.0 Å². The zero-order valence-corrected chi connectivity index (χ0v) is 10.5. The standard InChI is InChI=1S/C16H14N2/c1-11-7-8-13(12(2)9-11)16-10-17-14-5-3-4-6-15(14)18-16/h3-10H,1-2H3. The van der Waals surface area contributed by atoms with E-state index in [0.29, 0.717) is 0 Å². The summed E-state index contributed by atoms with van der Waals surface area (Å²) in [6.45, 7) is 4.21. The Kier molecular flexibility index (Phi) is 2.56. The summed E-state index contributed by atoms with van der Waals surface area (Å²) in [4.78, 5) is 9.13. The fourth-order valence-electron chi connectivity index (χ4n) is 2.19. The van der Waals surface area contributed by atoms with Crippen molar-refractivity contribution in [2.24, 2.45) is 0 Å². The number of aromatic nitrogens is 2. The van der Waals surface area contributed by atoms with Gasteiger partial charge in [0.05, 0.1) is 22.9 Å². The molecule has 0 unspecified atom stereocenters. The van der Waals surface area contributed by atoms with Gasteiger partial charge in [-0.1, -0.05) is 35.9 Å².